The highest BCUT2D eigenvalue weighted by molar-refractivity contribution is 5.84. The molecule has 9 heteroatoms. The van der Waals surface area contributed by atoms with Crippen LogP contribution in [0.25, 0.3) is 0 Å². The SMILES string of the molecule is CCC(CCC(CC(=O)CCC1CCC(OC2CCCC(O)C2)C(OC)C1)OC(C)=O)CC1=C(CCC2CCNC(N)C2)[CH+]N=C1. The molecule has 0 amide bonds. The van der Waals surface area contributed by atoms with Gasteiger partial charge in [0.05, 0.1) is 36.2 Å². The first kappa shape index (κ1) is 37.0. The van der Waals surface area contributed by atoms with Crippen molar-refractivity contribution in [2.75, 3.05) is 13.7 Å². The molecule has 9 unspecified atom stereocenters. The Balaban J connectivity index is 1.20. The normalized spacial score (nSPS) is 31.4. The third-order valence-electron chi connectivity index (χ3n) is 11.0. The summed E-state index contributed by atoms with van der Waals surface area (Å²) < 4.78 is 17.9. The number of hydrogen-bond acceptors (Lipinski definition) is 9. The average molecular weight is 645 g/mol. The van der Waals surface area contributed by atoms with E-state index in [2.05, 4.69) is 17.2 Å². The van der Waals surface area contributed by atoms with Crippen LogP contribution in [0.5, 0.6) is 0 Å². The fourth-order valence-corrected chi connectivity index (χ4v) is 8.13. The standard InChI is InChI=1S/C37H62N3O6/c1-4-26(18-30-24-39-23-29(30)12-8-28-16-17-40-37(38)20-28)10-14-34(45-25(2)41)22-32(43)13-9-27-11-15-35(36(19-27)44-3)46-33-7-5-6-31(42)21-33/h23-24,26-28,31,33-37,40,42H,4-22,38H2,1-3H3/q+1. The van der Waals surface area contributed by atoms with E-state index in [9.17, 15) is 14.7 Å². The van der Waals surface area contributed by atoms with Crippen LogP contribution in [0.4, 0.5) is 0 Å². The molecule has 0 aromatic carbocycles. The lowest BCUT2D eigenvalue weighted by Gasteiger charge is -2.38. The van der Waals surface area contributed by atoms with Crippen molar-refractivity contribution in [2.45, 2.75) is 166 Å². The number of nitrogens with zero attached hydrogens (tertiary/aromatic N) is 1. The summed E-state index contributed by atoms with van der Waals surface area (Å²) in [7, 11) is 1.75. The molecule has 0 aromatic heterocycles. The van der Waals surface area contributed by atoms with Gasteiger partial charge in [-0.3, -0.25) is 9.59 Å². The van der Waals surface area contributed by atoms with Crippen LogP contribution >= 0.6 is 0 Å². The zero-order valence-electron chi connectivity index (χ0n) is 28.8. The van der Waals surface area contributed by atoms with E-state index in [0.717, 1.165) is 90.0 Å². The summed E-state index contributed by atoms with van der Waals surface area (Å²) in [6, 6.07) is 0. The lowest BCUT2D eigenvalue weighted by atomic mass is 9.81. The maximum Gasteiger partial charge on any atom is 0.302 e. The minimum absolute atomic E-state index is 0.0219. The number of carbonyl (C=O) groups is 2. The first-order valence-corrected chi connectivity index (χ1v) is 18.3. The fraction of sp³-hybridized carbons (Fsp3) is 0.838. The molecule has 2 aliphatic heterocycles. The molecule has 260 valence electrons. The predicted molar refractivity (Wildman–Crippen MR) is 181 cm³/mol. The number of piperidine rings is 1. The Labute approximate surface area is 277 Å². The predicted octanol–water partition coefficient (Wildman–Crippen LogP) is 5.97. The number of methoxy groups -OCH3 is 1. The molecule has 9 atom stereocenters. The Kier molecular flexibility index (Phi) is 15.5. The number of allylic oxidation sites excluding steroid dienone is 1. The van der Waals surface area contributed by atoms with Crippen LogP contribution in [0.3, 0.4) is 0 Å². The highest BCUT2D eigenvalue weighted by Gasteiger charge is 2.34. The molecule has 2 saturated carbocycles. The van der Waals surface area contributed by atoms with E-state index in [0.29, 0.717) is 37.0 Å². The van der Waals surface area contributed by atoms with Crippen molar-refractivity contribution in [1.29, 1.82) is 0 Å². The maximum atomic E-state index is 13.1. The Morgan fingerprint density at radius 3 is 2.65 bits per heavy atom. The fourth-order valence-electron chi connectivity index (χ4n) is 8.13. The second-order valence-corrected chi connectivity index (χ2v) is 14.6. The molecule has 0 aromatic rings. The van der Waals surface area contributed by atoms with Crippen molar-refractivity contribution in [1.82, 2.24) is 5.32 Å². The molecule has 2 aliphatic carbocycles. The van der Waals surface area contributed by atoms with Gasteiger partial charge in [-0.1, -0.05) is 13.3 Å². The van der Waals surface area contributed by atoms with Crippen LogP contribution in [0, 0.1) is 24.3 Å². The second-order valence-electron chi connectivity index (χ2n) is 14.6. The number of nitrogens with two attached hydrogens (primary N) is 1. The number of esters is 1. The summed E-state index contributed by atoms with van der Waals surface area (Å²) in [5.41, 5.74) is 8.79. The summed E-state index contributed by atoms with van der Waals surface area (Å²) in [4.78, 5) is 29.6. The van der Waals surface area contributed by atoms with E-state index in [1.165, 1.54) is 24.5 Å². The van der Waals surface area contributed by atoms with Gasteiger partial charge in [0.15, 0.2) is 6.21 Å². The monoisotopic (exact) mass is 644 g/mol. The number of aliphatic imine (C=N–C) groups is 1. The molecule has 3 fully saturated rings. The quantitative estimate of drug-likeness (QED) is 0.123. The van der Waals surface area contributed by atoms with Crippen molar-refractivity contribution in [3.8, 4) is 0 Å². The number of hydrogen-bond donors (Lipinski definition) is 3. The highest BCUT2D eigenvalue weighted by atomic mass is 16.5. The van der Waals surface area contributed by atoms with Crippen molar-refractivity contribution < 1.29 is 28.9 Å². The van der Waals surface area contributed by atoms with Gasteiger partial charge in [0.25, 0.3) is 0 Å². The van der Waals surface area contributed by atoms with Gasteiger partial charge in [-0.15, -0.1) is 4.99 Å². The van der Waals surface area contributed by atoms with Gasteiger partial charge in [-0.25, -0.2) is 0 Å². The van der Waals surface area contributed by atoms with Crippen LogP contribution in [0.15, 0.2) is 16.1 Å². The molecule has 2 heterocycles. The van der Waals surface area contributed by atoms with Gasteiger partial charge in [-0.2, -0.15) is 0 Å². The first-order chi connectivity index (χ1) is 22.2. The van der Waals surface area contributed by atoms with E-state index in [-0.39, 0.29) is 54.9 Å². The molecule has 0 radical (unpaired) electrons. The van der Waals surface area contributed by atoms with Crippen molar-refractivity contribution in [3.63, 3.8) is 0 Å². The largest absolute Gasteiger partial charge is 0.462 e. The molecular weight excluding hydrogens is 582 g/mol. The van der Waals surface area contributed by atoms with Crippen molar-refractivity contribution in [3.05, 3.63) is 17.7 Å². The topological polar surface area (TPSA) is 132 Å². The molecule has 0 spiro atoms. The van der Waals surface area contributed by atoms with Crippen LogP contribution < -0.4 is 11.1 Å². The maximum absolute atomic E-state index is 13.1. The van der Waals surface area contributed by atoms with Crippen LogP contribution in [-0.4, -0.2) is 73.4 Å². The van der Waals surface area contributed by atoms with Gasteiger partial charge in [0, 0.05) is 39.7 Å². The number of Topliss-reactive ketones (excluding diaryl/α,β-unsaturated/α-hetero) is 1. The van der Waals surface area contributed by atoms with Crippen LogP contribution in [0.1, 0.15) is 129 Å². The minimum Gasteiger partial charge on any atom is -0.462 e. The van der Waals surface area contributed by atoms with Gasteiger partial charge in [-0.05, 0) is 108 Å². The molecule has 4 rings (SSSR count). The lowest BCUT2D eigenvalue weighted by Crippen LogP contribution is -2.44. The summed E-state index contributed by atoms with van der Waals surface area (Å²) in [6.07, 6.45) is 17.7. The number of carbonyl (C=O) groups excluding carboxylic acids is 2. The number of ether oxygens (including phenoxy) is 3. The molecular formula is C37H62N3O6+. The molecule has 4 N–H and O–H groups in total. The lowest BCUT2D eigenvalue weighted by molar-refractivity contribution is -0.148. The summed E-state index contributed by atoms with van der Waals surface area (Å²) in [5.74, 6) is 1.38. The van der Waals surface area contributed by atoms with E-state index < -0.39 is 0 Å². The van der Waals surface area contributed by atoms with Crippen molar-refractivity contribution >= 4 is 18.0 Å². The second kappa shape index (κ2) is 19.3. The third kappa shape index (κ3) is 12.3. The van der Waals surface area contributed by atoms with Gasteiger partial charge >= 0.3 is 5.97 Å². The van der Waals surface area contributed by atoms with Gasteiger partial charge in [0.1, 0.15) is 24.0 Å². The average Bonchev–Trinajstić information content (AvgIpc) is 3.48. The Bertz CT molecular complexity index is 1020. The number of nitrogens with one attached hydrogen (secondary N) is 1. The minimum atomic E-state index is -0.373. The molecule has 4 aliphatic rings. The first-order valence-electron chi connectivity index (χ1n) is 18.3. The van der Waals surface area contributed by atoms with Crippen LogP contribution in [0.2, 0.25) is 0 Å². The molecule has 0 bridgehead atoms. The molecule has 1 saturated heterocycles. The van der Waals surface area contributed by atoms with E-state index >= 15 is 0 Å². The van der Waals surface area contributed by atoms with Crippen LogP contribution in [-0.2, 0) is 23.8 Å². The van der Waals surface area contributed by atoms with Crippen molar-refractivity contribution in [2.24, 2.45) is 28.5 Å². The highest BCUT2D eigenvalue weighted by Crippen LogP contribution is 2.35. The summed E-state index contributed by atoms with van der Waals surface area (Å²) in [5, 5.41) is 13.4. The Hall–Kier alpha value is -1.78. The van der Waals surface area contributed by atoms with E-state index in [1.807, 2.05) is 12.8 Å². The third-order valence-corrected chi connectivity index (χ3v) is 11.0. The van der Waals surface area contributed by atoms with Gasteiger partial charge in [0.2, 0.25) is 0 Å². The molecule has 46 heavy (non-hydrogen) atoms. The summed E-state index contributed by atoms with van der Waals surface area (Å²) >= 11 is 0. The number of ketones is 1. The number of rotatable bonds is 18. The number of aliphatic hydroxyl groups excluding tert-OH is 1. The van der Waals surface area contributed by atoms with Gasteiger partial charge < -0.3 is 30.4 Å². The summed E-state index contributed by atoms with van der Waals surface area (Å²) in [6.45, 7) is 6.68. The Morgan fingerprint density at radius 2 is 1.91 bits per heavy atom. The van der Waals surface area contributed by atoms with E-state index in [4.69, 9.17) is 19.9 Å². The Morgan fingerprint density at radius 1 is 1.09 bits per heavy atom. The molecule has 9 nitrogen and oxygen atoms in total. The zero-order valence-corrected chi connectivity index (χ0v) is 28.8. The zero-order chi connectivity index (χ0) is 32.9. The number of aliphatic hydroxyl groups is 1. The smallest absolute Gasteiger partial charge is 0.302 e. The van der Waals surface area contributed by atoms with E-state index in [1.54, 1.807) is 7.11 Å².